The van der Waals surface area contributed by atoms with E-state index in [2.05, 4.69) is 14.1 Å². The number of hydrogen-bond acceptors (Lipinski definition) is 5. The molecule has 0 aliphatic heterocycles. The molecule has 0 spiro atoms. The summed E-state index contributed by atoms with van der Waals surface area (Å²) in [7, 11) is 0. The second-order valence-electron chi connectivity index (χ2n) is 7.74. The molecule has 166 valence electrons. The molecule has 0 bridgehead atoms. The first-order valence-corrected chi connectivity index (χ1v) is 11.2. The molecule has 0 saturated heterocycles. The van der Waals surface area contributed by atoms with Crippen molar-refractivity contribution >= 4 is 29.2 Å². The molecule has 1 aliphatic carbocycles. The maximum absolute atomic E-state index is 13.6. The number of nitrogens with one attached hydrogen (secondary N) is 1. The predicted molar refractivity (Wildman–Crippen MR) is 117 cm³/mol. The fraction of sp³-hybridized carbons (Fsp3) is 0.304. The van der Waals surface area contributed by atoms with Gasteiger partial charge >= 0.3 is 0 Å². The SMILES string of the molecule is O=C(NC1CCCCC1)[C@@H](c1ccc(F)cc1)N(C(=O)c1cnsn1)c1ccc(F)cc1. The number of hydrogen-bond donors (Lipinski definition) is 1. The van der Waals surface area contributed by atoms with Crippen molar-refractivity contribution < 1.29 is 18.4 Å². The third-order valence-electron chi connectivity index (χ3n) is 5.55. The molecule has 1 N–H and O–H groups in total. The van der Waals surface area contributed by atoms with Crippen molar-refractivity contribution in [2.24, 2.45) is 0 Å². The molecule has 6 nitrogen and oxygen atoms in total. The minimum Gasteiger partial charge on any atom is -0.351 e. The van der Waals surface area contributed by atoms with Crippen molar-refractivity contribution in [2.75, 3.05) is 4.90 Å². The van der Waals surface area contributed by atoms with Crippen LogP contribution in [0, 0.1) is 11.6 Å². The number of rotatable bonds is 6. The molecule has 9 heteroatoms. The first kappa shape index (κ1) is 22.0. The van der Waals surface area contributed by atoms with Gasteiger partial charge in [0.05, 0.1) is 17.9 Å². The van der Waals surface area contributed by atoms with Crippen LogP contribution in [0.1, 0.15) is 54.2 Å². The van der Waals surface area contributed by atoms with Crippen molar-refractivity contribution in [1.29, 1.82) is 0 Å². The van der Waals surface area contributed by atoms with Crippen LogP contribution < -0.4 is 10.2 Å². The smallest absolute Gasteiger partial charge is 0.280 e. The van der Waals surface area contributed by atoms with E-state index in [4.69, 9.17) is 0 Å². The molecule has 1 atom stereocenters. The summed E-state index contributed by atoms with van der Waals surface area (Å²) in [5, 5.41) is 3.06. The van der Waals surface area contributed by atoms with Gasteiger partial charge in [0, 0.05) is 11.7 Å². The highest BCUT2D eigenvalue weighted by molar-refractivity contribution is 6.99. The summed E-state index contributed by atoms with van der Waals surface area (Å²) in [6.45, 7) is 0. The summed E-state index contributed by atoms with van der Waals surface area (Å²) in [5.41, 5.74) is 0.815. The van der Waals surface area contributed by atoms with E-state index in [0.717, 1.165) is 43.8 Å². The Labute approximate surface area is 188 Å². The van der Waals surface area contributed by atoms with Gasteiger partial charge in [0.1, 0.15) is 17.7 Å². The molecule has 4 rings (SSSR count). The van der Waals surface area contributed by atoms with Crippen LogP contribution in [0.15, 0.2) is 54.7 Å². The average Bonchev–Trinajstić information content (AvgIpc) is 3.34. The molecule has 1 fully saturated rings. The van der Waals surface area contributed by atoms with E-state index in [-0.39, 0.29) is 17.6 Å². The lowest BCUT2D eigenvalue weighted by Crippen LogP contribution is -2.47. The molecule has 2 amide bonds. The molecular formula is C23H22F2N4O2S. The molecule has 3 aromatic rings. The van der Waals surface area contributed by atoms with Gasteiger partial charge in [0.25, 0.3) is 5.91 Å². The van der Waals surface area contributed by atoms with Crippen LogP contribution in [0.2, 0.25) is 0 Å². The van der Waals surface area contributed by atoms with Crippen molar-refractivity contribution in [2.45, 2.75) is 44.2 Å². The van der Waals surface area contributed by atoms with E-state index in [0.29, 0.717) is 11.3 Å². The summed E-state index contributed by atoms with van der Waals surface area (Å²) in [5.74, 6) is -1.87. The van der Waals surface area contributed by atoms with Crippen LogP contribution in [-0.4, -0.2) is 26.6 Å². The number of halogens is 2. The van der Waals surface area contributed by atoms with Crippen LogP contribution in [0.5, 0.6) is 0 Å². The molecule has 1 aromatic heterocycles. The third kappa shape index (κ3) is 4.99. The Kier molecular flexibility index (Phi) is 6.84. The van der Waals surface area contributed by atoms with E-state index in [1.54, 1.807) is 0 Å². The molecule has 2 aromatic carbocycles. The number of aromatic nitrogens is 2. The first-order chi connectivity index (χ1) is 15.5. The van der Waals surface area contributed by atoms with Crippen LogP contribution in [0.3, 0.4) is 0 Å². The quantitative estimate of drug-likeness (QED) is 0.586. The van der Waals surface area contributed by atoms with Gasteiger partial charge in [-0.2, -0.15) is 8.75 Å². The maximum Gasteiger partial charge on any atom is 0.280 e. The second-order valence-corrected chi connectivity index (χ2v) is 8.30. The van der Waals surface area contributed by atoms with Crippen LogP contribution >= 0.6 is 11.7 Å². The van der Waals surface area contributed by atoms with E-state index in [1.807, 2.05) is 0 Å². The Morgan fingerprint density at radius 1 is 0.969 bits per heavy atom. The van der Waals surface area contributed by atoms with Gasteiger partial charge in [-0.15, -0.1) is 0 Å². The van der Waals surface area contributed by atoms with E-state index < -0.39 is 23.6 Å². The molecule has 0 unspecified atom stereocenters. The van der Waals surface area contributed by atoms with E-state index >= 15 is 0 Å². The van der Waals surface area contributed by atoms with Crippen LogP contribution in [0.4, 0.5) is 14.5 Å². The minimum atomic E-state index is -1.10. The van der Waals surface area contributed by atoms with Gasteiger partial charge in [-0.3, -0.25) is 14.5 Å². The summed E-state index contributed by atoms with van der Waals surface area (Å²) in [6.07, 6.45) is 6.23. The predicted octanol–water partition coefficient (Wildman–Crippen LogP) is 4.65. The van der Waals surface area contributed by atoms with Gasteiger partial charge in [-0.1, -0.05) is 31.4 Å². The van der Waals surface area contributed by atoms with Gasteiger partial charge in [0.15, 0.2) is 5.69 Å². The zero-order chi connectivity index (χ0) is 22.5. The second kappa shape index (κ2) is 9.95. The fourth-order valence-electron chi connectivity index (χ4n) is 3.96. The number of amides is 2. The standard InChI is InChI=1S/C23H22F2N4O2S/c24-16-8-6-15(7-9-16)21(22(30)27-18-4-2-1-3-5-18)29(19-12-10-17(25)11-13-19)23(31)20-14-26-32-28-20/h6-14,18,21H,1-5H2,(H,27,30)/t21-/m1/s1. The molecule has 1 heterocycles. The summed E-state index contributed by atoms with van der Waals surface area (Å²) in [4.78, 5) is 28.3. The Morgan fingerprint density at radius 3 is 2.19 bits per heavy atom. The van der Waals surface area contributed by atoms with Gasteiger partial charge in [-0.05, 0) is 54.8 Å². The normalized spacial score (nSPS) is 15.2. The molecular weight excluding hydrogens is 434 g/mol. The van der Waals surface area contributed by atoms with Crippen molar-refractivity contribution in [3.8, 4) is 0 Å². The zero-order valence-corrected chi connectivity index (χ0v) is 18.0. The molecule has 1 saturated carbocycles. The number of nitrogens with zero attached hydrogens (tertiary/aromatic N) is 3. The highest BCUT2D eigenvalue weighted by atomic mass is 32.1. The Morgan fingerprint density at radius 2 is 1.59 bits per heavy atom. The Bertz CT molecular complexity index is 1050. The van der Waals surface area contributed by atoms with E-state index in [1.165, 1.54) is 59.6 Å². The average molecular weight is 457 g/mol. The summed E-state index contributed by atoms with van der Waals surface area (Å²) < 4.78 is 35.2. The lowest BCUT2D eigenvalue weighted by atomic mass is 9.94. The summed E-state index contributed by atoms with van der Waals surface area (Å²) in [6, 6.07) is 9.64. The molecule has 0 radical (unpaired) electrons. The van der Waals surface area contributed by atoms with Gasteiger partial charge in [-0.25, -0.2) is 8.78 Å². The highest BCUT2D eigenvalue weighted by Gasteiger charge is 2.35. The molecule has 32 heavy (non-hydrogen) atoms. The minimum absolute atomic E-state index is 0.00491. The molecule has 1 aliphatic rings. The van der Waals surface area contributed by atoms with Gasteiger partial charge in [0.2, 0.25) is 5.91 Å². The largest absolute Gasteiger partial charge is 0.351 e. The van der Waals surface area contributed by atoms with Crippen molar-refractivity contribution in [3.05, 3.63) is 77.6 Å². The lowest BCUT2D eigenvalue weighted by molar-refractivity contribution is -0.123. The lowest BCUT2D eigenvalue weighted by Gasteiger charge is -2.33. The van der Waals surface area contributed by atoms with Crippen molar-refractivity contribution in [3.63, 3.8) is 0 Å². The Balaban J connectivity index is 1.77. The van der Waals surface area contributed by atoms with E-state index in [9.17, 15) is 18.4 Å². The third-order valence-corrected chi connectivity index (χ3v) is 6.03. The summed E-state index contributed by atoms with van der Waals surface area (Å²) >= 11 is 0.872. The van der Waals surface area contributed by atoms with Crippen LogP contribution in [-0.2, 0) is 4.79 Å². The number of carbonyl (C=O) groups is 2. The Hall–Kier alpha value is -3.20. The highest BCUT2D eigenvalue weighted by Crippen LogP contribution is 2.31. The number of carbonyl (C=O) groups excluding carboxylic acids is 2. The van der Waals surface area contributed by atoms with Gasteiger partial charge < -0.3 is 5.32 Å². The zero-order valence-electron chi connectivity index (χ0n) is 17.2. The van der Waals surface area contributed by atoms with Crippen LogP contribution in [0.25, 0.3) is 0 Å². The fourth-order valence-corrected chi connectivity index (χ4v) is 4.36. The number of anilines is 1. The monoisotopic (exact) mass is 456 g/mol. The number of benzene rings is 2. The van der Waals surface area contributed by atoms with Crippen molar-refractivity contribution in [1.82, 2.24) is 14.1 Å². The maximum atomic E-state index is 13.6. The topological polar surface area (TPSA) is 75.2 Å². The first-order valence-electron chi connectivity index (χ1n) is 10.5.